The van der Waals surface area contributed by atoms with Crippen LogP contribution in [0.5, 0.6) is 0 Å². The Labute approximate surface area is 196 Å². The van der Waals surface area contributed by atoms with Crippen molar-refractivity contribution in [3.05, 3.63) is 17.5 Å². The highest BCUT2D eigenvalue weighted by molar-refractivity contribution is 6.05. The van der Waals surface area contributed by atoms with Crippen LogP contribution in [0.1, 0.15) is 71.9 Å². The molecule has 0 spiro atoms. The van der Waals surface area contributed by atoms with Gasteiger partial charge in [-0.1, -0.05) is 27.7 Å². The largest absolute Gasteiger partial charge is 0.465 e. The highest BCUT2D eigenvalue weighted by atomic mass is 16.4. The second kappa shape index (κ2) is 12.4. The molecule has 33 heavy (non-hydrogen) atoms. The molecule has 2 amide bonds. The molecule has 0 saturated heterocycles. The molecule has 0 saturated carbocycles. The van der Waals surface area contributed by atoms with Gasteiger partial charge in [-0.3, -0.25) is 14.5 Å². The highest BCUT2D eigenvalue weighted by Crippen LogP contribution is 2.27. The number of aliphatic imine (C=N–C) groups is 1. The summed E-state index contributed by atoms with van der Waals surface area (Å²) >= 11 is 0. The molecule has 0 aromatic carbocycles. The summed E-state index contributed by atoms with van der Waals surface area (Å²) in [5.74, 6) is 0.294. The second-order valence-electron chi connectivity index (χ2n) is 9.56. The fourth-order valence-electron chi connectivity index (χ4n) is 3.51. The van der Waals surface area contributed by atoms with Gasteiger partial charge < -0.3 is 16.2 Å². The second-order valence-corrected chi connectivity index (χ2v) is 9.56. The number of amides is 2. The molecule has 0 aliphatic carbocycles. The number of rotatable bonds is 12. The Morgan fingerprint density at radius 1 is 1.24 bits per heavy atom. The molecule has 1 aliphatic heterocycles. The number of aromatic nitrogens is 2. The van der Waals surface area contributed by atoms with Crippen LogP contribution in [0.2, 0.25) is 0 Å². The van der Waals surface area contributed by atoms with Gasteiger partial charge in [0.25, 0.3) is 5.91 Å². The van der Waals surface area contributed by atoms with E-state index in [-0.39, 0.29) is 17.7 Å². The molecule has 0 radical (unpaired) electrons. The number of hydrazine groups is 1. The van der Waals surface area contributed by atoms with Gasteiger partial charge in [0.2, 0.25) is 0 Å². The molecule has 1 aromatic rings. The van der Waals surface area contributed by atoms with E-state index >= 15 is 0 Å². The minimum atomic E-state index is -1.00. The van der Waals surface area contributed by atoms with Crippen molar-refractivity contribution in [3.63, 3.8) is 0 Å². The van der Waals surface area contributed by atoms with Gasteiger partial charge in [0, 0.05) is 38.2 Å². The van der Waals surface area contributed by atoms with E-state index in [9.17, 15) is 9.59 Å². The van der Waals surface area contributed by atoms with E-state index < -0.39 is 6.09 Å². The lowest BCUT2D eigenvalue weighted by Gasteiger charge is -2.26. The Bertz CT molecular complexity index is 868. The number of fused-ring (bicyclic) bond motifs is 1. The third kappa shape index (κ3) is 8.88. The summed E-state index contributed by atoms with van der Waals surface area (Å²) < 4.78 is 1.84. The van der Waals surface area contributed by atoms with E-state index in [0.29, 0.717) is 43.3 Å². The van der Waals surface area contributed by atoms with Gasteiger partial charge in [-0.25, -0.2) is 15.2 Å². The number of unbranched alkanes of at least 4 members (excludes halogenated alkanes) is 2. The van der Waals surface area contributed by atoms with Crippen LogP contribution in [0.25, 0.3) is 6.08 Å². The van der Waals surface area contributed by atoms with Crippen LogP contribution < -0.4 is 16.5 Å². The third-order valence-electron chi connectivity index (χ3n) is 5.27. The van der Waals surface area contributed by atoms with Crippen LogP contribution >= 0.6 is 0 Å². The highest BCUT2D eigenvalue weighted by Gasteiger charge is 2.23. The molecule has 184 valence electrons. The van der Waals surface area contributed by atoms with E-state index in [2.05, 4.69) is 41.6 Å². The van der Waals surface area contributed by atoms with Gasteiger partial charge in [0.05, 0.1) is 11.9 Å². The minimum Gasteiger partial charge on any atom is -0.465 e. The Morgan fingerprint density at radius 3 is 2.67 bits per heavy atom. The van der Waals surface area contributed by atoms with E-state index in [1.165, 1.54) is 0 Å². The number of nitrogens with zero attached hydrogens (tertiary/aromatic N) is 4. The summed E-state index contributed by atoms with van der Waals surface area (Å²) in [5.41, 5.74) is 11.6. The SMILES string of the molecule is CCCN(NCCC(C)(C)C)C(=O)C1=Cc2c(cnn2CCCCCNC(=O)O)N=C(N)C1. The first-order chi connectivity index (χ1) is 15.6. The molecule has 2 rings (SSSR count). The zero-order valence-corrected chi connectivity index (χ0v) is 20.4. The van der Waals surface area contributed by atoms with Crippen molar-refractivity contribution in [2.75, 3.05) is 19.6 Å². The van der Waals surface area contributed by atoms with Gasteiger partial charge in [-0.05, 0) is 43.6 Å². The number of carbonyl (C=O) groups excluding carboxylic acids is 1. The number of amidine groups is 1. The lowest BCUT2D eigenvalue weighted by Crippen LogP contribution is -2.45. The summed E-state index contributed by atoms with van der Waals surface area (Å²) in [6.07, 6.45) is 7.04. The van der Waals surface area contributed by atoms with Crippen LogP contribution in [-0.4, -0.2) is 57.4 Å². The summed E-state index contributed by atoms with van der Waals surface area (Å²) in [6, 6.07) is 0. The molecular weight excluding hydrogens is 422 g/mol. The maximum absolute atomic E-state index is 13.4. The standard InChI is InChI=1S/C23H39N7O3/c1-5-12-30(26-11-9-23(2,3)4)21(31)17-14-19-18(28-20(24)15-17)16-27-29(19)13-8-6-7-10-25-22(32)33/h14,16,25-26H,5-13,15H2,1-4H3,(H2,24,28)(H,32,33). The number of carboxylic acid groups (broad SMARTS) is 1. The maximum Gasteiger partial charge on any atom is 0.404 e. The third-order valence-corrected chi connectivity index (χ3v) is 5.27. The summed E-state index contributed by atoms with van der Waals surface area (Å²) in [5, 5.41) is 17.1. The summed E-state index contributed by atoms with van der Waals surface area (Å²) in [4.78, 5) is 28.4. The molecule has 0 fully saturated rings. The predicted octanol–water partition coefficient (Wildman–Crippen LogP) is 3.28. The Kier molecular flexibility index (Phi) is 9.90. The van der Waals surface area contributed by atoms with Gasteiger partial charge >= 0.3 is 6.09 Å². The molecule has 0 unspecified atom stereocenters. The molecule has 0 atom stereocenters. The number of nitrogens with one attached hydrogen (secondary N) is 2. The van der Waals surface area contributed by atoms with Crippen molar-refractivity contribution in [2.45, 2.75) is 72.8 Å². The number of aryl methyl sites for hydroxylation is 1. The van der Waals surface area contributed by atoms with Crippen molar-refractivity contribution < 1.29 is 14.7 Å². The van der Waals surface area contributed by atoms with E-state index in [0.717, 1.165) is 37.8 Å². The maximum atomic E-state index is 13.4. The monoisotopic (exact) mass is 461 g/mol. The summed E-state index contributed by atoms with van der Waals surface area (Å²) in [6.45, 7) is 11.0. The fourth-order valence-corrected chi connectivity index (χ4v) is 3.51. The lowest BCUT2D eigenvalue weighted by atomic mass is 9.92. The van der Waals surface area contributed by atoms with Crippen LogP contribution in [0.15, 0.2) is 16.8 Å². The van der Waals surface area contributed by atoms with Crippen LogP contribution in [0.4, 0.5) is 10.5 Å². The lowest BCUT2D eigenvalue weighted by molar-refractivity contribution is -0.130. The van der Waals surface area contributed by atoms with Gasteiger partial charge in [0.1, 0.15) is 11.5 Å². The molecule has 1 aromatic heterocycles. The van der Waals surface area contributed by atoms with Crippen molar-refractivity contribution >= 4 is 29.6 Å². The van der Waals surface area contributed by atoms with Crippen molar-refractivity contribution in [3.8, 4) is 0 Å². The molecule has 2 heterocycles. The smallest absolute Gasteiger partial charge is 0.404 e. The van der Waals surface area contributed by atoms with Crippen LogP contribution in [0, 0.1) is 5.41 Å². The quantitative estimate of drug-likeness (QED) is 0.278. The predicted molar refractivity (Wildman–Crippen MR) is 130 cm³/mol. The number of hydrogen-bond acceptors (Lipinski definition) is 6. The molecule has 5 N–H and O–H groups in total. The van der Waals surface area contributed by atoms with Crippen molar-refractivity contribution in [1.29, 1.82) is 0 Å². The Hall–Kier alpha value is -2.88. The number of nitrogens with two attached hydrogens (primary N) is 1. The first-order valence-corrected chi connectivity index (χ1v) is 11.7. The molecule has 10 nitrogen and oxygen atoms in total. The average molecular weight is 462 g/mol. The molecule has 1 aliphatic rings. The fraction of sp³-hybridized carbons (Fsp3) is 0.652. The van der Waals surface area contributed by atoms with Crippen LogP contribution in [-0.2, 0) is 11.3 Å². The molecule has 0 bridgehead atoms. The Balaban J connectivity index is 2.10. The van der Waals surface area contributed by atoms with Gasteiger partial charge in [-0.15, -0.1) is 0 Å². The van der Waals surface area contributed by atoms with Crippen LogP contribution in [0.3, 0.4) is 0 Å². The van der Waals surface area contributed by atoms with E-state index in [4.69, 9.17) is 10.8 Å². The zero-order chi connectivity index (χ0) is 24.4. The number of carbonyl (C=O) groups is 2. The van der Waals surface area contributed by atoms with Crippen molar-refractivity contribution in [1.82, 2.24) is 25.5 Å². The van der Waals surface area contributed by atoms with E-state index in [1.54, 1.807) is 11.2 Å². The average Bonchev–Trinajstić information content (AvgIpc) is 2.99. The summed E-state index contributed by atoms with van der Waals surface area (Å²) in [7, 11) is 0. The molecular formula is C23H39N7O3. The van der Waals surface area contributed by atoms with Gasteiger partial charge in [0.15, 0.2) is 0 Å². The Morgan fingerprint density at radius 2 is 2.00 bits per heavy atom. The number of hydrogen-bond donors (Lipinski definition) is 4. The van der Waals surface area contributed by atoms with E-state index in [1.807, 2.05) is 17.7 Å². The normalized spacial score (nSPS) is 13.6. The topological polar surface area (TPSA) is 138 Å². The van der Waals surface area contributed by atoms with Crippen molar-refractivity contribution in [2.24, 2.45) is 16.1 Å². The minimum absolute atomic E-state index is 0.0933. The zero-order valence-electron chi connectivity index (χ0n) is 20.4. The first-order valence-electron chi connectivity index (χ1n) is 11.7. The first kappa shape index (κ1) is 26.4. The molecule has 10 heteroatoms. The van der Waals surface area contributed by atoms with Gasteiger partial charge in [-0.2, -0.15) is 5.10 Å².